The summed E-state index contributed by atoms with van der Waals surface area (Å²) in [6.07, 6.45) is 1.69. The van der Waals surface area contributed by atoms with Gasteiger partial charge in [0.15, 0.2) is 6.10 Å². The first-order valence-corrected chi connectivity index (χ1v) is 9.02. The maximum atomic E-state index is 12.6. The SMILES string of the molecule is CNCC1CCN(C(=O)C(C)Oc2cccc(C(C)(C)C)c2)CC1. The Morgan fingerprint density at radius 2 is 2.00 bits per heavy atom. The molecule has 1 saturated heterocycles. The molecular weight excluding hydrogens is 300 g/mol. The Labute approximate surface area is 146 Å². The van der Waals surface area contributed by atoms with Gasteiger partial charge in [0.1, 0.15) is 5.75 Å². The zero-order valence-electron chi connectivity index (χ0n) is 15.8. The summed E-state index contributed by atoms with van der Waals surface area (Å²) < 4.78 is 5.94. The van der Waals surface area contributed by atoms with Crippen molar-refractivity contribution in [1.82, 2.24) is 10.2 Å². The fourth-order valence-electron chi connectivity index (χ4n) is 3.19. The third-order valence-corrected chi connectivity index (χ3v) is 4.78. The minimum absolute atomic E-state index is 0.0712. The molecule has 0 saturated carbocycles. The monoisotopic (exact) mass is 332 g/mol. The second-order valence-corrected chi connectivity index (χ2v) is 7.86. The molecule has 1 aliphatic rings. The van der Waals surface area contributed by atoms with Crippen LogP contribution in [0.5, 0.6) is 5.75 Å². The summed E-state index contributed by atoms with van der Waals surface area (Å²) in [5, 5.41) is 3.23. The molecule has 24 heavy (non-hydrogen) atoms. The van der Waals surface area contributed by atoms with Crippen molar-refractivity contribution in [1.29, 1.82) is 0 Å². The third kappa shape index (κ3) is 4.97. The summed E-state index contributed by atoms with van der Waals surface area (Å²) in [4.78, 5) is 14.6. The molecule has 0 aliphatic carbocycles. The topological polar surface area (TPSA) is 41.6 Å². The van der Waals surface area contributed by atoms with Crippen LogP contribution in [0, 0.1) is 5.92 Å². The Hall–Kier alpha value is -1.55. The minimum Gasteiger partial charge on any atom is -0.481 e. The van der Waals surface area contributed by atoms with E-state index < -0.39 is 6.10 Å². The summed E-state index contributed by atoms with van der Waals surface area (Å²) in [5.74, 6) is 1.55. The lowest BCUT2D eigenvalue weighted by atomic mass is 9.87. The second kappa shape index (κ2) is 8.02. The molecular formula is C20H32N2O2. The Morgan fingerprint density at radius 3 is 2.58 bits per heavy atom. The van der Waals surface area contributed by atoms with Crippen molar-refractivity contribution in [3.63, 3.8) is 0 Å². The van der Waals surface area contributed by atoms with Gasteiger partial charge in [0.25, 0.3) is 5.91 Å². The van der Waals surface area contributed by atoms with Gasteiger partial charge in [-0.15, -0.1) is 0 Å². The van der Waals surface area contributed by atoms with Gasteiger partial charge in [0, 0.05) is 13.1 Å². The number of piperidine rings is 1. The van der Waals surface area contributed by atoms with Crippen molar-refractivity contribution in [2.75, 3.05) is 26.7 Å². The largest absolute Gasteiger partial charge is 0.481 e. The number of carbonyl (C=O) groups excluding carboxylic acids is 1. The zero-order valence-corrected chi connectivity index (χ0v) is 15.8. The predicted octanol–water partition coefficient (Wildman–Crippen LogP) is 3.21. The van der Waals surface area contributed by atoms with E-state index in [0.717, 1.165) is 38.2 Å². The molecule has 134 valence electrons. The Kier molecular flexibility index (Phi) is 6.27. The molecule has 0 bridgehead atoms. The van der Waals surface area contributed by atoms with Gasteiger partial charge in [0.05, 0.1) is 0 Å². The normalized spacial score (nSPS) is 17.6. The molecule has 1 amide bonds. The number of carbonyl (C=O) groups is 1. The average molecular weight is 332 g/mol. The molecule has 0 spiro atoms. The number of amides is 1. The van der Waals surface area contributed by atoms with Gasteiger partial charge in [0.2, 0.25) is 0 Å². The molecule has 1 N–H and O–H groups in total. The Bertz CT molecular complexity index is 543. The first-order chi connectivity index (χ1) is 11.3. The number of benzene rings is 1. The lowest BCUT2D eigenvalue weighted by Gasteiger charge is -2.33. The molecule has 0 aromatic heterocycles. The van der Waals surface area contributed by atoms with Crippen LogP contribution < -0.4 is 10.1 Å². The van der Waals surface area contributed by atoms with Crippen molar-refractivity contribution in [3.05, 3.63) is 29.8 Å². The van der Waals surface area contributed by atoms with Crippen LogP contribution in [-0.2, 0) is 10.2 Å². The molecule has 4 heteroatoms. The fraction of sp³-hybridized carbons (Fsp3) is 0.650. The standard InChI is InChI=1S/C20H32N2O2/c1-15(19(23)22-11-9-16(10-12-22)14-21-5)24-18-8-6-7-17(13-18)20(2,3)4/h6-8,13,15-16,21H,9-12,14H2,1-5H3. The molecule has 1 aromatic rings. The number of nitrogens with one attached hydrogen (secondary N) is 1. The number of nitrogens with zero attached hydrogens (tertiary/aromatic N) is 1. The van der Waals surface area contributed by atoms with Gasteiger partial charge in [-0.3, -0.25) is 4.79 Å². The van der Waals surface area contributed by atoms with Crippen LogP contribution in [0.1, 0.15) is 46.1 Å². The predicted molar refractivity (Wildman–Crippen MR) is 98.5 cm³/mol. The van der Waals surface area contributed by atoms with Gasteiger partial charge in [-0.05, 0) is 62.4 Å². The van der Waals surface area contributed by atoms with E-state index in [2.05, 4.69) is 32.2 Å². The van der Waals surface area contributed by atoms with E-state index in [1.807, 2.05) is 37.1 Å². The second-order valence-electron chi connectivity index (χ2n) is 7.86. The molecule has 1 heterocycles. The van der Waals surface area contributed by atoms with E-state index in [9.17, 15) is 4.79 Å². The van der Waals surface area contributed by atoms with Gasteiger partial charge in [-0.2, -0.15) is 0 Å². The molecule has 2 rings (SSSR count). The summed E-state index contributed by atoms with van der Waals surface area (Å²) in [5.41, 5.74) is 1.29. The average Bonchev–Trinajstić information content (AvgIpc) is 2.54. The first kappa shape index (κ1) is 18.8. The van der Waals surface area contributed by atoms with Gasteiger partial charge >= 0.3 is 0 Å². The number of hydrogen-bond acceptors (Lipinski definition) is 3. The van der Waals surface area contributed by atoms with E-state index in [1.54, 1.807) is 0 Å². The van der Waals surface area contributed by atoms with Crippen molar-refractivity contribution in [2.45, 2.75) is 52.1 Å². The molecule has 1 unspecified atom stereocenters. The van der Waals surface area contributed by atoms with Crippen molar-refractivity contribution in [2.24, 2.45) is 5.92 Å². The molecule has 1 atom stereocenters. The van der Waals surface area contributed by atoms with E-state index in [0.29, 0.717) is 5.92 Å². The van der Waals surface area contributed by atoms with E-state index in [1.165, 1.54) is 5.56 Å². The van der Waals surface area contributed by atoms with Crippen LogP contribution in [0.3, 0.4) is 0 Å². The van der Waals surface area contributed by atoms with Crippen LogP contribution in [0.4, 0.5) is 0 Å². The smallest absolute Gasteiger partial charge is 0.263 e. The molecule has 1 aliphatic heterocycles. The fourth-order valence-corrected chi connectivity index (χ4v) is 3.19. The first-order valence-electron chi connectivity index (χ1n) is 9.02. The van der Waals surface area contributed by atoms with Gasteiger partial charge in [-0.1, -0.05) is 32.9 Å². The number of hydrogen-bond donors (Lipinski definition) is 1. The third-order valence-electron chi connectivity index (χ3n) is 4.78. The van der Waals surface area contributed by atoms with E-state index >= 15 is 0 Å². The van der Waals surface area contributed by atoms with Crippen LogP contribution in [0.2, 0.25) is 0 Å². The zero-order chi connectivity index (χ0) is 17.7. The maximum Gasteiger partial charge on any atom is 0.263 e. The van der Waals surface area contributed by atoms with Crippen LogP contribution in [-0.4, -0.2) is 43.6 Å². The highest BCUT2D eigenvalue weighted by Gasteiger charge is 2.27. The summed E-state index contributed by atoms with van der Waals surface area (Å²) in [7, 11) is 1.99. The Morgan fingerprint density at radius 1 is 1.33 bits per heavy atom. The Balaban J connectivity index is 1.93. The quantitative estimate of drug-likeness (QED) is 0.900. The molecule has 4 nitrogen and oxygen atoms in total. The van der Waals surface area contributed by atoms with Crippen LogP contribution in [0.25, 0.3) is 0 Å². The molecule has 0 radical (unpaired) electrons. The summed E-state index contributed by atoms with van der Waals surface area (Å²) in [6.45, 7) is 11.1. The van der Waals surface area contributed by atoms with Crippen molar-refractivity contribution >= 4 is 5.91 Å². The van der Waals surface area contributed by atoms with E-state index in [-0.39, 0.29) is 11.3 Å². The molecule has 1 aromatic carbocycles. The highest BCUT2D eigenvalue weighted by Crippen LogP contribution is 2.26. The highest BCUT2D eigenvalue weighted by molar-refractivity contribution is 5.81. The molecule has 1 fully saturated rings. The highest BCUT2D eigenvalue weighted by atomic mass is 16.5. The van der Waals surface area contributed by atoms with Crippen LogP contribution in [0.15, 0.2) is 24.3 Å². The maximum absolute atomic E-state index is 12.6. The number of ether oxygens (including phenoxy) is 1. The number of rotatable bonds is 5. The van der Waals surface area contributed by atoms with Crippen molar-refractivity contribution < 1.29 is 9.53 Å². The van der Waals surface area contributed by atoms with Gasteiger partial charge < -0.3 is 15.0 Å². The summed E-state index contributed by atoms with van der Waals surface area (Å²) >= 11 is 0. The van der Waals surface area contributed by atoms with E-state index in [4.69, 9.17) is 4.74 Å². The minimum atomic E-state index is -0.443. The lowest BCUT2D eigenvalue weighted by Crippen LogP contribution is -2.45. The van der Waals surface area contributed by atoms with Crippen LogP contribution >= 0.6 is 0 Å². The summed E-state index contributed by atoms with van der Waals surface area (Å²) in [6, 6.07) is 8.07. The lowest BCUT2D eigenvalue weighted by molar-refractivity contribution is -0.139. The number of likely N-dealkylation sites (tertiary alicyclic amines) is 1. The van der Waals surface area contributed by atoms with Crippen molar-refractivity contribution in [3.8, 4) is 5.75 Å². The van der Waals surface area contributed by atoms with Gasteiger partial charge in [-0.25, -0.2) is 0 Å².